The monoisotopic (exact) mass is 382 g/mol. The lowest BCUT2D eigenvalue weighted by Gasteiger charge is -2.20. The van der Waals surface area contributed by atoms with Crippen LogP contribution in [0.5, 0.6) is 0 Å². The van der Waals surface area contributed by atoms with Crippen molar-refractivity contribution in [3.63, 3.8) is 0 Å². The number of nitrogens with zero attached hydrogens (tertiary/aromatic N) is 2. The molecule has 8 nitrogen and oxygen atoms in total. The summed E-state index contributed by atoms with van der Waals surface area (Å²) < 4.78 is 1.71. The van der Waals surface area contributed by atoms with Crippen molar-refractivity contribution < 1.29 is 14.7 Å². The molecule has 9 heteroatoms. The number of rotatable bonds is 6. The number of carbonyl (C=O) groups excluding carboxylic acids is 1. The summed E-state index contributed by atoms with van der Waals surface area (Å²) >= 11 is 0. The molecule has 0 bridgehead atoms. The lowest BCUT2D eigenvalue weighted by Crippen LogP contribution is -2.33. The third-order valence-electron chi connectivity index (χ3n) is 4.80. The van der Waals surface area contributed by atoms with Crippen molar-refractivity contribution in [3.05, 3.63) is 33.9 Å². The maximum Gasteiger partial charge on any atom is 0.322 e. The van der Waals surface area contributed by atoms with Crippen molar-refractivity contribution >= 4 is 29.9 Å². The number of aromatic amines is 1. The normalized spacial score (nSPS) is 14.8. The first-order valence-electron chi connectivity index (χ1n) is 8.65. The lowest BCUT2D eigenvalue weighted by atomic mass is 9.86. The zero-order chi connectivity index (χ0) is 17.8. The van der Waals surface area contributed by atoms with Gasteiger partial charge in [-0.2, -0.15) is 5.10 Å². The molecule has 26 heavy (non-hydrogen) atoms. The Balaban J connectivity index is 0.00000243. The average Bonchev–Trinajstić information content (AvgIpc) is 3.01. The van der Waals surface area contributed by atoms with Gasteiger partial charge in [0.2, 0.25) is 0 Å². The molecule has 142 valence electrons. The summed E-state index contributed by atoms with van der Waals surface area (Å²) in [5.74, 6) is -0.405. The van der Waals surface area contributed by atoms with E-state index in [2.05, 4.69) is 15.5 Å². The Kier molecular flexibility index (Phi) is 6.79. The Morgan fingerprint density at radius 3 is 2.73 bits per heavy atom. The highest BCUT2D eigenvalue weighted by atomic mass is 35.5. The predicted octanol–water partition coefficient (Wildman–Crippen LogP) is 1.77. The minimum Gasteiger partial charge on any atom is -0.480 e. The van der Waals surface area contributed by atoms with E-state index >= 15 is 0 Å². The summed E-state index contributed by atoms with van der Waals surface area (Å²) in [7, 11) is 0. The van der Waals surface area contributed by atoms with E-state index in [9.17, 15) is 14.4 Å². The maximum absolute atomic E-state index is 12.2. The van der Waals surface area contributed by atoms with E-state index in [1.54, 1.807) is 10.6 Å². The highest BCUT2D eigenvalue weighted by molar-refractivity contribution is 6.00. The molecule has 1 amide bonds. The molecule has 2 aromatic heterocycles. The number of pyridine rings is 1. The van der Waals surface area contributed by atoms with Crippen molar-refractivity contribution in [1.82, 2.24) is 19.9 Å². The van der Waals surface area contributed by atoms with Crippen LogP contribution in [0.3, 0.4) is 0 Å². The SMILES string of the molecule is Cl.O=C(O)CNC(=O)c1c(=O)ccn2c(CCC3CCCCC3)n[nH]c12. The Hall–Kier alpha value is -2.35. The molecule has 3 rings (SSSR count). The topological polar surface area (TPSA) is 117 Å². The number of hydrogen-bond acceptors (Lipinski definition) is 4. The average molecular weight is 383 g/mol. The fraction of sp³-hybridized carbons (Fsp3) is 0.529. The van der Waals surface area contributed by atoms with Gasteiger partial charge in [-0.05, 0) is 12.3 Å². The number of carboxylic acid groups (broad SMARTS) is 1. The van der Waals surface area contributed by atoms with Crippen LogP contribution in [0, 0.1) is 5.92 Å². The van der Waals surface area contributed by atoms with Crippen LogP contribution >= 0.6 is 12.4 Å². The molecular weight excluding hydrogens is 360 g/mol. The van der Waals surface area contributed by atoms with Crippen LogP contribution in [0.2, 0.25) is 0 Å². The Labute approximate surface area is 156 Å². The van der Waals surface area contributed by atoms with Gasteiger partial charge >= 0.3 is 5.97 Å². The molecule has 3 N–H and O–H groups in total. The van der Waals surface area contributed by atoms with Crippen LogP contribution in [0.25, 0.3) is 5.65 Å². The molecule has 0 aliphatic heterocycles. The number of carbonyl (C=O) groups is 2. The second-order valence-electron chi connectivity index (χ2n) is 6.53. The standard InChI is InChI=1S/C17H22N4O4.ClH/c22-12-8-9-21-13(7-6-11-4-2-1-3-5-11)19-20-16(21)15(12)17(25)18-10-14(23)24;/h8-9,11,20H,1-7,10H2,(H,18,25)(H,23,24);1H. The van der Waals surface area contributed by atoms with Crippen molar-refractivity contribution in [2.24, 2.45) is 5.92 Å². The van der Waals surface area contributed by atoms with Crippen molar-refractivity contribution in [2.75, 3.05) is 6.54 Å². The zero-order valence-corrected chi connectivity index (χ0v) is 15.2. The molecule has 1 aliphatic rings. The van der Waals surface area contributed by atoms with Gasteiger partial charge in [0, 0.05) is 18.7 Å². The lowest BCUT2D eigenvalue weighted by molar-refractivity contribution is -0.135. The molecule has 0 aromatic carbocycles. The second kappa shape index (κ2) is 8.84. The Morgan fingerprint density at radius 2 is 2.04 bits per heavy atom. The van der Waals surface area contributed by atoms with Gasteiger partial charge in [-0.3, -0.25) is 23.9 Å². The summed E-state index contributed by atoms with van der Waals surface area (Å²) in [5, 5.41) is 17.9. The van der Waals surface area contributed by atoms with Gasteiger partial charge in [0.1, 0.15) is 23.6 Å². The second-order valence-corrected chi connectivity index (χ2v) is 6.53. The number of aryl methyl sites for hydroxylation is 1. The van der Waals surface area contributed by atoms with Crippen molar-refractivity contribution in [3.8, 4) is 0 Å². The van der Waals surface area contributed by atoms with Gasteiger partial charge in [-0.15, -0.1) is 12.4 Å². The molecule has 0 unspecified atom stereocenters. The summed E-state index contributed by atoms with van der Waals surface area (Å²) in [6.07, 6.45) is 9.79. The molecule has 1 saturated carbocycles. The molecule has 0 spiro atoms. The van der Waals surface area contributed by atoms with Gasteiger partial charge in [0.15, 0.2) is 5.43 Å². The first kappa shape index (κ1) is 20.0. The van der Waals surface area contributed by atoms with Gasteiger partial charge in [-0.1, -0.05) is 32.1 Å². The van der Waals surface area contributed by atoms with Crippen LogP contribution in [0.15, 0.2) is 17.1 Å². The number of aromatic nitrogens is 3. The minimum atomic E-state index is -1.17. The Bertz CT molecular complexity index is 839. The molecule has 0 saturated heterocycles. The first-order valence-corrected chi connectivity index (χ1v) is 8.65. The summed E-state index contributed by atoms with van der Waals surface area (Å²) in [6, 6.07) is 1.31. The number of hydrogen-bond donors (Lipinski definition) is 3. The molecule has 1 aliphatic carbocycles. The van der Waals surface area contributed by atoms with Crippen LogP contribution in [0.1, 0.15) is 54.7 Å². The van der Waals surface area contributed by atoms with Gasteiger partial charge in [-0.25, -0.2) is 0 Å². The summed E-state index contributed by atoms with van der Waals surface area (Å²) in [5.41, 5.74) is -0.278. The van der Waals surface area contributed by atoms with E-state index < -0.39 is 23.9 Å². The molecule has 2 heterocycles. The van der Waals surface area contributed by atoms with Crippen LogP contribution in [-0.2, 0) is 11.2 Å². The number of amides is 1. The van der Waals surface area contributed by atoms with Crippen LogP contribution in [-0.4, -0.2) is 38.1 Å². The van der Waals surface area contributed by atoms with Gasteiger partial charge in [0.25, 0.3) is 5.91 Å². The van der Waals surface area contributed by atoms with Gasteiger partial charge < -0.3 is 10.4 Å². The van der Waals surface area contributed by atoms with Crippen LogP contribution in [0.4, 0.5) is 0 Å². The number of aliphatic carboxylic acids is 1. The van der Waals surface area contributed by atoms with E-state index in [1.807, 2.05) is 0 Å². The quantitative estimate of drug-likeness (QED) is 0.704. The summed E-state index contributed by atoms with van der Waals surface area (Å²) in [6.45, 7) is -0.540. The number of H-pyrrole nitrogens is 1. The van der Waals surface area contributed by atoms with E-state index in [1.165, 1.54) is 38.2 Å². The van der Waals surface area contributed by atoms with Crippen LogP contribution < -0.4 is 10.7 Å². The van der Waals surface area contributed by atoms with Crippen molar-refractivity contribution in [2.45, 2.75) is 44.9 Å². The number of halogens is 1. The maximum atomic E-state index is 12.2. The van der Waals surface area contributed by atoms with E-state index in [0.717, 1.165) is 18.7 Å². The predicted molar refractivity (Wildman–Crippen MR) is 97.9 cm³/mol. The summed E-state index contributed by atoms with van der Waals surface area (Å²) in [4.78, 5) is 34.8. The molecule has 0 atom stereocenters. The molecule has 1 fully saturated rings. The minimum absolute atomic E-state index is 0. The fourth-order valence-electron chi connectivity index (χ4n) is 3.48. The zero-order valence-electron chi connectivity index (χ0n) is 14.4. The highest BCUT2D eigenvalue weighted by Crippen LogP contribution is 2.27. The van der Waals surface area contributed by atoms with E-state index in [-0.39, 0.29) is 18.0 Å². The molecular formula is C17H23ClN4O4. The smallest absolute Gasteiger partial charge is 0.322 e. The molecule has 2 aromatic rings. The fourth-order valence-corrected chi connectivity index (χ4v) is 3.48. The van der Waals surface area contributed by atoms with E-state index in [4.69, 9.17) is 5.11 Å². The largest absolute Gasteiger partial charge is 0.480 e. The van der Waals surface area contributed by atoms with Crippen molar-refractivity contribution in [1.29, 1.82) is 0 Å². The number of carboxylic acids is 1. The molecule has 0 radical (unpaired) electrons. The van der Waals surface area contributed by atoms with E-state index in [0.29, 0.717) is 11.6 Å². The third kappa shape index (κ3) is 4.43. The highest BCUT2D eigenvalue weighted by Gasteiger charge is 2.19. The number of fused-ring (bicyclic) bond motifs is 1. The van der Waals surface area contributed by atoms with Gasteiger partial charge in [0.05, 0.1) is 0 Å². The first-order chi connectivity index (χ1) is 12.1. The Morgan fingerprint density at radius 1 is 1.31 bits per heavy atom. The third-order valence-corrected chi connectivity index (χ3v) is 4.80. The number of nitrogens with one attached hydrogen (secondary N) is 2.